The minimum absolute atomic E-state index is 0.518. The minimum atomic E-state index is -0.829. The normalized spacial score (nSPS) is 12.5. The van der Waals surface area contributed by atoms with Gasteiger partial charge < -0.3 is 5.11 Å². The molecule has 1 atom stereocenters. The molecule has 0 fully saturated rings. The number of aliphatic carboxylic acids is 1. The van der Waals surface area contributed by atoms with Crippen molar-refractivity contribution in [3.63, 3.8) is 0 Å². The van der Waals surface area contributed by atoms with Gasteiger partial charge in [-0.05, 0) is 26.3 Å². The third kappa shape index (κ3) is 2.28. The Labute approximate surface area is 83.0 Å². The van der Waals surface area contributed by atoms with Gasteiger partial charge in [0.2, 0.25) is 0 Å². The quantitative estimate of drug-likeness (QED) is 0.795. The van der Waals surface area contributed by atoms with Crippen molar-refractivity contribution >= 4 is 5.97 Å². The maximum atomic E-state index is 10.9. The maximum Gasteiger partial charge on any atom is 0.312 e. The summed E-state index contributed by atoms with van der Waals surface area (Å²) < 4.78 is 0. The molecule has 4 heteroatoms. The molecule has 1 heterocycles. The summed E-state index contributed by atoms with van der Waals surface area (Å²) in [6.07, 6.45) is 0.547. The van der Waals surface area contributed by atoms with Crippen molar-refractivity contribution in [3.05, 3.63) is 23.3 Å². The van der Waals surface area contributed by atoms with Gasteiger partial charge in [-0.25, -0.2) is 9.97 Å². The number of aromatic nitrogens is 2. The van der Waals surface area contributed by atoms with E-state index < -0.39 is 11.9 Å². The van der Waals surface area contributed by atoms with Gasteiger partial charge in [0.25, 0.3) is 0 Å². The second-order valence-corrected chi connectivity index (χ2v) is 3.28. The Morgan fingerprint density at radius 3 is 2.57 bits per heavy atom. The molecule has 0 amide bonds. The van der Waals surface area contributed by atoms with Gasteiger partial charge in [-0.15, -0.1) is 0 Å². The van der Waals surface area contributed by atoms with Crippen LogP contribution in [0.2, 0.25) is 0 Å². The fourth-order valence-electron chi connectivity index (χ4n) is 1.43. The Bertz CT molecular complexity index is 330. The number of hydrogen-bond acceptors (Lipinski definition) is 3. The first kappa shape index (κ1) is 10.6. The van der Waals surface area contributed by atoms with E-state index in [4.69, 9.17) is 5.11 Å². The van der Waals surface area contributed by atoms with Crippen molar-refractivity contribution in [1.29, 1.82) is 0 Å². The van der Waals surface area contributed by atoms with Gasteiger partial charge in [-0.1, -0.05) is 6.92 Å². The van der Waals surface area contributed by atoms with Crippen LogP contribution in [0.5, 0.6) is 0 Å². The largest absolute Gasteiger partial charge is 0.481 e. The van der Waals surface area contributed by atoms with Crippen LogP contribution in [0.3, 0.4) is 0 Å². The minimum Gasteiger partial charge on any atom is -0.481 e. The predicted molar refractivity (Wildman–Crippen MR) is 52.2 cm³/mol. The monoisotopic (exact) mass is 194 g/mol. The molecule has 4 nitrogen and oxygen atoms in total. The molecule has 0 aliphatic carbocycles. The molecule has 0 saturated carbocycles. The van der Waals surface area contributed by atoms with E-state index in [-0.39, 0.29) is 0 Å². The number of carbonyl (C=O) groups is 1. The van der Waals surface area contributed by atoms with Crippen LogP contribution in [0.15, 0.2) is 6.07 Å². The first-order valence-electron chi connectivity index (χ1n) is 4.59. The topological polar surface area (TPSA) is 63.1 Å². The molecule has 1 rings (SSSR count). The molecule has 1 N–H and O–H groups in total. The number of carboxylic acid groups (broad SMARTS) is 1. The zero-order valence-corrected chi connectivity index (χ0v) is 8.61. The van der Waals surface area contributed by atoms with Crippen molar-refractivity contribution in [2.75, 3.05) is 0 Å². The molecule has 0 aliphatic heterocycles. The summed E-state index contributed by atoms with van der Waals surface area (Å²) in [7, 11) is 0. The Kier molecular flexibility index (Phi) is 3.17. The molecule has 1 aromatic heterocycles. The molecule has 1 aromatic rings. The van der Waals surface area contributed by atoms with Crippen molar-refractivity contribution in [2.24, 2.45) is 0 Å². The predicted octanol–water partition coefficient (Wildman–Crippen LogP) is 1.67. The maximum absolute atomic E-state index is 10.9. The van der Waals surface area contributed by atoms with E-state index in [0.29, 0.717) is 17.9 Å². The highest BCUT2D eigenvalue weighted by Crippen LogP contribution is 2.18. The van der Waals surface area contributed by atoms with Gasteiger partial charge in [-0.2, -0.15) is 0 Å². The molecule has 76 valence electrons. The Balaban J connectivity index is 3.10. The van der Waals surface area contributed by atoms with Gasteiger partial charge in [0.05, 0.1) is 11.6 Å². The Hall–Kier alpha value is -1.45. The molecule has 0 radical (unpaired) electrons. The van der Waals surface area contributed by atoms with Gasteiger partial charge >= 0.3 is 5.97 Å². The summed E-state index contributed by atoms with van der Waals surface area (Å²) in [5.74, 6) is -0.722. The number of nitrogens with zero attached hydrogens (tertiary/aromatic N) is 2. The van der Waals surface area contributed by atoms with Crippen LogP contribution in [0.4, 0.5) is 0 Å². The van der Waals surface area contributed by atoms with E-state index in [9.17, 15) is 4.79 Å². The Morgan fingerprint density at radius 1 is 1.50 bits per heavy atom. The fourth-order valence-corrected chi connectivity index (χ4v) is 1.43. The van der Waals surface area contributed by atoms with Crippen LogP contribution in [0, 0.1) is 13.8 Å². The highest BCUT2D eigenvalue weighted by atomic mass is 16.4. The van der Waals surface area contributed by atoms with Crippen molar-refractivity contribution < 1.29 is 9.90 Å². The lowest BCUT2D eigenvalue weighted by Crippen LogP contribution is -2.13. The lowest BCUT2D eigenvalue weighted by atomic mass is 10.0. The third-order valence-electron chi connectivity index (χ3n) is 2.05. The molecular weight excluding hydrogens is 180 g/mol. The van der Waals surface area contributed by atoms with Crippen molar-refractivity contribution in [3.8, 4) is 0 Å². The van der Waals surface area contributed by atoms with Gasteiger partial charge in [0.1, 0.15) is 5.82 Å². The molecule has 14 heavy (non-hydrogen) atoms. The third-order valence-corrected chi connectivity index (χ3v) is 2.05. The summed E-state index contributed by atoms with van der Waals surface area (Å²) in [4.78, 5) is 19.1. The smallest absolute Gasteiger partial charge is 0.312 e. The Morgan fingerprint density at radius 2 is 2.14 bits per heavy atom. The molecular formula is C10H14N2O2. The molecule has 0 aliphatic rings. The number of hydrogen-bond donors (Lipinski definition) is 1. The van der Waals surface area contributed by atoms with Gasteiger partial charge in [0.15, 0.2) is 0 Å². The van der Waals surface area contributed by atoms with Crippen molar-refractivity contribution in [2.45, 2.75) is 33.1 Å². The van der Waals surface area contributed by atoms with Crippen LogP contribution >= 0.6 is 0 Å². The highest BCUT2D eigenvalue weighted by Gasteiger charge is 2.19. The van der Waals surface area contributed by atoms with Crippen LogP contribution in [0.1, 0.15) is 36.5 Å². The van der Waals surface area contributed by atoms with E-state index >= 15 is 0 Å². The fraction of sp³-hybridized carbons (Fsp3) is 0.500. The lowest BCUT2D eigenvalue weighted by molar-refractivity contribution is -0.138. The SMILES string of the molecule is CCC(C(=O)O)c1cc(C)nc(C)n1. The summed E-state index contributed by atoms with van der Waals surface area (Å²) >= 11 is 0. The van der Waals surface area contributed by atoms with Gasteiger partial charge in [0, 0.05) is 5.69 Å². The summed E-state index contributed by atoms with van der Waals surface area (Å²) in [6, 6.07) is 1.73. The van der Waals surface area contributed by atoms with Crippen LogP contribution in [-0.4, -0.2) is 21.0 Å². The summed E-state index contributed by atoms with van der Waals surface area (Å²) in [6.45, 7) is 5.45. The summed E-state index contributed by atoms with van der Waals surface area (Å²) in [5.41, 5.74) is 1.41. The highest BCUT2D eigenvalue weighted by molar-refractivity contribution is 5.75. The first-order valence-corrected chi connectivity index (χ1v) is 4.59. The average molecular weight is 194 g/mol. The van der Waals surface area contributed by atoms with E-state index in [1.165, 1.54) is 0 Å². The standard InChI is InChI=1S/C10H14N2O2/c1-4-8(10(13)14)9-5-6(2)11-7(3)12-9/h5,8H,4H2,1-3H3,(H,13,14). The zero-order chi connectivity index (χ0) is 10.7. The molecule has 0 bridgehead atoms. The second kappa shape index (κ2) is 4.17. The lowest BCUT2D eigenvalue weighted by Gasteiger charge is -2.09. The van der Waals surface area contributed by atoms with E-state index in [2.05, 4.69) is 9.97 Å². The number of carboxylic acids is 1. The number of rotatable bonds is 3. The van der Waals surface area contributed by atoms with Crippen LogP contribution in [-0.2, 0) is 4.79 Å². The number of aryl methyl sites for hydroxylation is 2. The van der Waals surface area contributed by atoms with Crippen LogP contribution < -0.4 is 0 Å². The first-order chi connectivity index (χ1) is 6.54. The average Bonchev–Trinajstić information content (AvgIpc) is 2.02. The van der Waals surface area contributed by atoms with Crippen molar-refractivity contribution in [1.82, 2.24) is 9.97 Å². The second-order valence-electron chi connectivity index (χ2n) is 3.28. The molecule has 1 unspecified atom stereocenters. The van der Waals surface area contributed by atoms with E-state index in [1.54, 1.807) is 13.0 Å². The summed E-state index contributed by atoms with van der Waals surface area (Å²) in [5, 5.41) is 8.95. The molecule has 0 aromatic carbocycles. The van der Waals surface area contributed by atoms with E-state index in [1.807, 2.05) is 13.8 Å². The zero-order valence-electron chi connectivity index (χ0n) is 8.61. The van der Waals surface area contributed by atoms with Gasteiger partial charge in [-0.3, -0.25) is 4.79 Å². The van der Waals surface area contributed by atoms with E-state index in [0.717, 1.165) is 5.69 Å². The van der Waals surface area contributed by atoms with Crippen LogP contribution in [0.25, 0.3) is 0 Å². The molecule has 0 spiro atoms. The molecule has 0 saturated heterocycles.